The Morgan fingerprint density at radius 1 is 1.19 bits per heavy atom. The Morgan fingerprint density at radius 3 is 2.50 bits per heavy atom. The quantitative estimate of drug-likeness (QED) is 0.712. The summed E-state index contributed by atoms with van der Waals surface area (Å²) < 4.78 is 0. The van der Waals surface area contributed by atoms with E-state index in [0.29, 0.717) is 5.66 Å². The van der Waals surface area contributed by atoms with Crippen LogP contribution in [0.1, 0.15) is 26.3 Å². The van der Waals surface area contributed by atoms with Gasteiger partial charge in [0, 0.05) is 11.9 Å². The van der Waals surface area contributed by atoms with E-state index in [1.54, 1.807) is 0 Å². The number of rotatable bonds is 2. The van der Waals surface area contributed by atoms with E-state index in [4.69, 9.17) is 0 Å². The van der Waals surface area contributed by atoms with Crippen molar-refractivity contribution < 1.29 is 0 Å². The average Bonchev–Trinajstić information content (AvgIpc) is 2.70. The minimum atomic E-state index is 0.183. The van der Waals surface area contributed by atoms with Crippen molar-refractivity contribution in [3.63, 3.8) is 0 Å². The molecule has 2 rings (SSSR count). The second-order valence-electron chi connectivity index (χ2n) is 5.09. The summed E-state index contributed by atoms with van der Waals surface area (Å²) in [5.74, 6) is 0. The summed E-state index contributed by atoms with van der Waals surface area (Å²) in [6.07, 6.45) is 10.6. The number of aromatic nitrogens is 1. The molecule has 1 atom stereocenters. The SMILES string of the molecule is CC(C)(C)c1cccnc1PC1C=CC=C1. The number of pyridine rings is 1. The molecule has 1 aliphatic rings. The van der Waals surface area contributed by atoms with Gasteiger partial charge in [0.15, 0.2) is 0 Å². The summed E-state index contributed by atoms with van der Waals surface area (Å²) in [4.78, 5) is 4.55. The van der Waals surface area contributed by atoms with Crippen LogP contribution in [0, 0.1) is 0 Å². The lowest BCUT2D eigenvalue weighted by molar-refractivity contribution is 0.592. The Kier molecular flexibility index (Phi) is 3.25. The summed E-state index contributed by atoms with van der Waals surface area (Å²) >= 11 is 0. The minimum Gasteiger partial charge on any atom is -0.256 e. The van der Waals surface area contributed by atoms with Crippen LogP contribution in [0.3, 0.4) is 0 Å². The van der Waals surface area contributed by atoms with Crippen molar-refractivity contribution in [3.8, 4) is 0 Å². The Labute approximate surface area is 99.5 Å². The van der Waals surface area contributed by atoms with E-state index >= 15 is 0 Å². The summed E-state index contributed by atoms with van der Waals surface area (Å²) in [5, 5.41) is 0. The smallest absolute Gasteiger partial charge is 0.0645 e. The van der Waals surface area contributed by atoms with Crippen molar-refractivity contribution in [2.24, 2.45) is 0 Å². The first-order valence-corrected chi connectivity index (χ1v) is 6.72. The van der Waals surface area contributed by atoms with Gasteiger partial charge in [-0.05, 0) is 17.0 Å². The van der Waals surface area contributed by atoms with Crippen molar-refractivity contribution in [1.82, 2.24) is 4.98 Å². The van der Waals surface area contributed by atoms with Crippen molar-refractivity contribution >= 4 is 14.0 Å². The van der Waals surface area contributed by atoms with Crippen LogP contribution in [-0.2, 0) is 5.41 Å². The van der Waals surface area contributed by atoms with Gasteiger partial charge in [0.05, 0.1) is 5.44 Å². The molecule has 1 aliphatic carbocycles. The van der Waals surface area contributed by atoms with Gasteiger partial charge in [-0.25, -0.2) is 0 Å². The van der Waals surface area contributed by atoms with E-state index in [-0.39, 0.29) is 5.41 Å². The van der Waals surface area contributed by atoms with Crippen LogP contribution >= 0.6 is 8.58 Å². The fourth-order valence-corrected chi connectivity index (χ4v) is 3.30. The van der Waals surface area contributed by atoms with E-state index in [2.05, 4.69) is 56.1 Å². The average molecular weight is 231 g/mol. The highest BCUT2D eigenvalue weighted by molar-refractivity contribution is 7.48. The van der Waals surface area contributed by atoms with E-state index in [1.165, 1.54) is 11.0 Å². The highest BCUT2D eigenvalue weighted by Gasteiger charge is 2.19. The lowest BCUT2D eigenvalue weighted by Crippen LogP contribution is -2.22. The molecule has 1 aromatic heterocycles. The molecular formula is C14H18NP. The maximum Gasteiger partial charge on any atom is 0.0645 e. The third kappa shape index (κ3) is 2.59. The maximum atomic E-state index is 4.55. The highest BCUT2D eigenvalue weighted by Crippen LogP contribution is 2.29. The first kappa shape index (κ1) is 11.5. The molecule has 2 heteroatoms. The lowest BCUT2D eigenvalue weighted by Gasteiger charge is -2.22. The minimum absolute atomic E-state index is 0.183. The first-order chi connectivity index (χ1) is 7.57. The molecule has 0 fully saturated rings. The zero-order valence-corrected chi connectivity index (χ0v) is 11.1. The fourth-order valence-electron chi connectivity index (χ4n) is 1.81. The fraction of sp³-hybridized carbons (Fsp3) is 0.357. The van der Waals surface area contributed by atoms with Gasteiger partial charge in [-0.15, -0.1) is 0 Å². The molecular weight excluding hydrogens is 213 g/mol. The van der Waals surface area contributed by atoms with Crippen LogP contribution in [0.2, 0.25) is 0 Å². The van der Waals surface area contributed by atoms with Gasteiger partial charge in [-0.2, -0.15) is 0 Å². The number of allylic oxidation sites excluding steroid dienone is 4. The molecule has 0 saturated heterocycles. The third-order valence-corrected chi connectivity index (χ3v) is 4.06. The summed E-state index contributed by atoms with van der Waals surface area (Å²) in [6, 6.07) is 4.24. The highest BCUT2D eigenvalue weighted by atomic mass is 31.1. The van der Waals surface area contributed by atoms with Gasteiger partial charge in [-0.1, -0.05) is 59.7 Å². The predicted octanol–water partition coefficient (Wildman–Crippen LogP) is 3.18. The standard InChI is InChI=1S/C14H18NP/c1-14(2,3)12-9-6-10-15-13(12)16-11-7-4-5-8-11/h4-11,16H,1-3H3. The monoisotopic (exact) mass is 231 g/mol. The first-order valence-electron chi connectivity index (χ1n) is 5.64. The van der Waals surface area contributed by atoms with Gasteiger partial charge in [0.1, 0.15) is 0 Å². The Morgan fingerprint density at radius 2 is 1.88 bits per heavy atom. The van der Waals surface area contributed by atoms with Gasteiger partial charge in [-0.3, -0.25) is 4.98 Å². The summed E-state index contributed by atoms with van der Waals surface area (Å²) in [6.45, 7) is 6.75. The van der Waals surface area contributed by atoms with Gasteiger partial charge >= 0.3 is 0 Å². The molecule has 0 bridgehead atoms. The second-order valence-corrected chi connectivity index (χ2v) is 6.52. The van der Waals surface area contributed by atoms with Crippen molar-refractivity contribution in [1.29, 1.82) is 0 Å². The number of hydrogen-bond donors (Lipinski definition) is 0. The molecule has 0 radical (unpaired) electrons. The maximum absolute atomic E-state index is 4.55. The van der Waals surface area contributed by atoms with Crippen molar-refractivity contribution in [2.45, 2.75) is 31.8 Å². The third-order valence-electron chi connectivity index (χ3n) is 2.67. The molecule has 0 aromatic carbocycles. The normalized spacial score (nSPS) is 16.7. The van der Waals surface area contributed by atoms with Crippen LogP contribution in [0.25, 0.3) is 0 Å². The molecule has 1 aromatic rings. The van der Waals surface area contributed by atoms with Crippen LogP contribution in [0.4, 0.5) is 0 Å². The van der Waals surface area contributed by atoms with Crippen LogP contribution in [0.15, 0.2) is 42.6 Å². The molecule has 1 heterocycles. The largest absolute Gasteiger partial charge is 0.256 e. The Hall–Kier alpha value is -0.940. The second kappa shape index (κ2) is 4.51. The van der Waals surface area contributed by atoms with Gasteiger partial charge < -0.3 is 0 Å². The molecule has 0 N–H and O–H groups in total. The van der Waals surface area contributed by atoms with Gasteiger partial charge in [0.25, 0.3) is 0 Å². The van der Waals surface area contributed by atoms with E-state index in [0.717, 1.165) is 8.58 Å². The van der Waals surface area contributed by atoms with Crippen LogP contribution < -0.4 is 5.44 Å². The molecule has 1 unspecified atom stereocenters. The molecule has 1 nitrogen and oxygen atoms in total. The predicted molar refractivity (Wildman–Crippen MR) is 73.0 cm³/mol. The molecule has 0 saturated carbocycles. The molecule has 16 heavy (non-hydrogen) atoms. The van der Waals surface area contributed by atoms with Crippen LogP contribution in [-0.4, -0.2) is 10.6 Å². The Bertz CT molecular complexity index is 415. The molecule has 0 spiro atoms. The molecule has 0 aliphatic heterocycles. The van der Waals surface area contributed by atoms with E-state index in [9.17, 15) is 0 Å². The topological polar surface area (TPSA) is 12.9 Å². The molecule has 0 amide bonds. The van der Waals surface area contributed by atoms with E-state index < -0.39 is 0 Å². The molecule has 84 valence electrons. The zero-order valence-electron chi connectivity index (χ0n) is 10.1. The number of nitrogens with zero attached hydrogens (tertiary/aromatic N) is 1. The Balaban J connectivity index is 2.26. The lowest BCUT2D eigenvalue weighted by atomic mass is 9.88. The van der Waals surface area contributed by atoms with Crippen molar-refractivity contribution in [2.75, 3.05) is 0 Å². The summed E-state index contributed by atoms with van der Waals surface area (Å²) in [7, 11) is 0.746. The summed E-state index contributed by atoms with van der Waals surface area (Å²) in [5.41, 5.74) is 3.37. The van der Waals surface area contributed by atoms with Crippen molar-refractivity contribution in [3.05, 3.63) is 48.2 Å². The van der Waals surface area contributed by atoms with E-state index in [1.807, 2.05) is 12.3 Å². The van der Waals surface area contributed by atoms with Gasteiger partial charge in [0.2, 0.25) is 0 Å². The van der Waals surface area contributed by atoms with Crippen LogP contribution in [0.5, 0.6) is 0 Å². The zero-order chi connectivity index (χ0) is 11.6. The number of hydrogen-bond acceptors (Lipinski definition) is 1.